The second-order valence-electron chi connectivity index (χ2n) is 6.41. The van der Waals surface area contributed by atoms with Crippen molar-refractivity contribution in [3.8, 4) is 11.5 Å². The molecule has 1 aliphatic rings. The molecule has 5 nitrogen and oxygen atoms in total. The Morgan fingerprint density at radius 3 is 2.96 bits per heavy atom. The number of para-hydroxylation sites is 1. The van der Waals surface area contributed by atoms with Gasteiger partial charge < -0.3 is 14.4 Å². The van der Waals surface area contributed by atoms with Crippen LogP contribution >= 0.6 is 0 Å². The van der Waals surface area contributed by atoms with Gasteiger partial charge in [0.1, 0.15) is 11.5 Å². The normalized spacial score (nSPS) is 18.7. The van der Waals surface area contributed by atoms with Crippen LogP contribution in [-0.4, -0.2) is 28.8 Å². The quantitative estimate of drug-likeness (QED) is 0.908. The van der Waals surface area contributed by atoms with Crippen LogP contribution in [0.4, 0.5) is 0 Å². The molecular formula is C18H24N2O3. The minimum atomic E-state index is 0.226. The minimum absolute atomic E-state index is 0.226. The molecule has 1 N–H and O–H groups in total. The minimum Gasteiger partial charge on any atom is -0.504 e. The van der Waals surface area contributed by atoms with Gasteiger partial charge in [0, 0.05) is 24.1 Å². The fourth-order valence-electron chi connectivity index (χ4n) is 3.16. The standard InChI is InChI=1S/C18H24N2O3/c1-12(2)17-10-14(19-23-17)15-7-5-9-20(15)11-13-6-4-8-16(22-3)18(13)21/h4,6,8,10,12,15,21H,5,7,9,11H2,1-3H3. The highest BCUT2D eigenvalue weighted by atomic mass is 16.5. The van der Waals surface area contributed by atoms with E-state index in [9.17, 15) is 5.11 Å². The smallest absolute Gasteiger partial charge is 0.162 e. The Morgan fingerprint density at radius 2 is 2.26 bits per heavy atom. The van der Waals surface area contributed by atoms with Crippen molar-refractivity contribution in [3.05, 3.63) is 41.3 Å². The van der Waals surface area contributed by atoms with Gasteiger partial charge in [-0.15, -0.1) is 0 Å². The number of aromatic nitrogens is 1. The summed E-state index contributed by atoms with van der Waals surface area (Å²) in [6, 6.07) is 7.94. The monoisotopic (exact) mass is 316 g/mol. The van der Waals surface area contributed by atoms with Crippen molar-refractivity contribution in [2.75, 3.05) is 13.7 Å². The number of likely N-dealkylation sites (tertiary alicyclic amines) is 1. The lowest BCUT2D eigenvalue weighted by atomic mass is 10.1. The van der Waals surface area contributed by atoms with Gasteiger partial charge in [-0.25, -0.2) is 0 Å². The molecule has 0 saturated carbocycles. The van der Waals surface area contributed by atoms with E-state index >= 15 is 0 Å². The number of benzene rings is 1. The van der Waals surface area contributed by atoms with Crippen molar-refractivity contribution >= 4 is 0 Å². The SMILES string of the molecule is COc1cccc(CN2CCCC2c2cc(C(C)C)on2)c1O. The van der Waals surface area contributed by atoms with E-state index in [1.807, 2.05) is 12.1 Å². The van der Waals surface area contributed by atoms with E-state index in [0.717, 1.165) is 36.4 Å². The largest absolute Gasteiger partial charge is 0.504 e. The molecule has 1 unspecified atom stereocenters. The van der Waals surface area contributed by atoms with E-state index in [1.165, 1.54) is 0 Å². The molecule has 0 amide bonds. The molecule has 0 spiro atoms. The van der Waals surface area contributed by atoms with Gasteiger partial charge in [-0.3, -0.25) is 4.90 Å². The van der Waals surface area contributed by atoms with Crippen molar-refractivity contribution in [3.63, 3.8) is 0 Å². The first-order valence-electron chi connectivity index (χ1n) is 8.15. The Hall–Kier alpha value is -2.01. The van der Waals surface area contributed by atoms with E-state index in [2.05, 4.69) is 30.0 Å². The van der Waals surface area contributed by atoms with Gasteiger partial charge in [-0.2, -0.15) is 0 Å². The average molecular weight is 316 g/mol. The first kappa shape index (κ1) is 15.9. The lowest BCUT2D eigenvalue weighted by molar-refractivity contribution is 0.232. The number of hydrogen-bond acceptors (Lipinski definition) is 5. The number of aromatic hydroxyl groups is 1. The fraction of sp³-hybridized carbons (Fsp3) is 0.500. The second-order valence-corrected chi connectivity index (χ2v) is 6.41. The number of nitrogens with zero attached hydrogens (tertiary/aromatic N) is 2. The molecular weight excluding hydrogens is 292 g/mol. The maximum absolute atomic E-state index is 10.3. The highest BCUT2D eigenvalue weighted by Crippen LogP contribution is 2.36. The summed E-state index contributed by atoms with van der Waals surface area (Å²) in [4.78, 5) is 2.34. The van der Waals surface area contributed by atoms with E-state index < -0.39 is 0 Å². The van der Waals surface area contributed by atoms with Crippen LogP contribution in [0.3, 0.4) is 0 Å². The zero-order valence-corrected chi connectivity index (χ0v) is 14.0. The van der Waals surface area contributed by atoms with Crippen molar-refractivity contribution in [2.24, 2.45) is 0 Å². The molecule has 2 aromatic rings. The number of methoxy groups -OCH3 is 1. The van der Waals surface area contributed by atoms with Crippen molar-refractivity contribution in [1.29, 1.82) is 0 Å². The van der Waals surface area contributed by atoms with E-state index in [1.54, 1.807) is 13.2 Å². The molecule has 0 bridgehead atoms. The molecule has 5 heteroatoms. The van der Waals surface area contributed by atoms with Crippen LogP contribution in [0.1, 0.15) is 55.7 Å². The molecule has 23 heavy (non-hydrogen) atoms. The maximum Gasteiger partial charge on any atom is 0.162 e. The topological polar surface area (TPSA) is 58.7 Å². The summed E-state index contributed by atoms with van der Waals surface area (Å²) in [5, 5.41) is 14.6. The summed E-state index contributed by atoms with van der Waals surface area (Å²) in [5.41, 5.74) is 1.87. The Balaban J connectivity index is 1.79. The van der Waals surface area contributed by atoms with Gasteiger partial charge >= 0.3 is 0 Å². The lowest BCUT2D eigenvalue weighted by Gasteiger charge is -2.23. The average Bonchev–Trinajstić information content (AvgIpc) is 3.18. The van der Waals surface area contributed by atoms with Crippen LogP contribution in [0.25, 0.3) is 0 Å². The van der Waals surface area contributed by atoms with Crippen molar-refractivity contribution in [1.82, 2.24) is 10.1 Å². The zero-order valence-electron chi connectivity index (χ0n) is 14.0. The number of hydrogen-bond donors (Lipinski definition) is 1. The first-order chi connectivity index (χ1) is 11.1. The third kappa shape index (κ3) is 3.20. The summed E-state index contributed by atoms with van der Waals surface area (Å²) < 4.78 is 10.6. The Bertz CT molecular complexity index is 666. The Morgan fingerprint density at radius 1 is 1.43 bits per heavy atom. The molecule has 3 rings (SSSR count). The highest BCUT2D eigenvalue weighted by molar-refractivity contribution is 5.45. The third-order valence-electron chi connectivity index (χ3n) is 4.50. The molecule has 1 aliphatic heterocycles. The molecule has 1 aromatic carbocycles. The van der Waals surface area contributed by atoms with Crippen LogP contribution < -0.4 is 4.74 Å². The van der Waals surface area contributed by atoms with Crippen molar-refractivity contribution < 1.29 is 14.4 Å². The summed E-state index contributed by atoms with van der Waals surface area (Å²) >= 11 is 0. The van der Waals surface area contributed by atoms with E-state index in [0.29, 0.717) is 18.2 Å². The van der Waals surface area contributed by atoms with E-state index in [4.69, 9.17) is 9.26 Å². The third-order valence-corrected chi connectivity index (χ3v) is 4.50. The summed E-state index contributed by atoms with van der Waals surface area (Å²) in [7, 11) is 1.57. The van der Waals surface area contributed by atoms with E-state index in [-0.39, 0.29) is 11.8 Å². The van der Waals surface area contributed by atoms with Gasteiger partial charge in [-0.05, 0) is 25.5 Å². The van der Waals surface area contributed by atoms with Crippen LogP contribution in [0.5, 0.6) is 11.5 Å². The maximum atomic E-state index is 10.3. The van der Waals surface area contributed by atoms with Crippen molar-refractivity contribution in [2.45, 2.75) is 45.2 Å². The van der Waals surface area contributed by atoms with Gasteiger partial charge in [0.15, 0.2) is 11.5 Å². The zero-order chi connectivity index (χ0) is 16.4. The molecule has 124 valence electrons. The van der Waals surface area contributed by atoms with Gasteiger partial charge in [0.2, 0.25) is 0 Å². The van der Waals surface area contributed by atoms with Gasteiger partial charge in [0.25, 0.3) is 0 Å². The molecule has 1 fully saturated rings. The summed E-state index contributed by atoms with van der Waals surface area (Å²) in [6.07, 6.45) is 2.19. The Kier molecular flexibility index (Phi) is 4.57. The molecule has 2 heterocycles. The van der Waals surface area contributed by atoms with Crippen LogP contribution in [0, 0.1) is 0 Å². The fourth-order valence-corrected chi connectivity index (χ4v) is 3.16. The number of phenols is 1. The predicted molar refractivity (Wildman–Crippen MR) is 87.6 cm³/mol. The molecule has 0 aliphatic carbocycles. The van der Waals surface area contributed by atoms with Crippen LogP contribution in [0.15, 0.2) is 28.8 Å². The first-order valence-corrected chi connectivity index (χ1v) is 8.15. The predicted octanol–water partition coefficient (Wildman–Crippen LogP) is 3.85. The Labute approximate surface area is 136 Å². The molecule has 1 atom stereocenters. The molecule has 0 radical (unpaired) electrons. The molecule has 1 saturated heterocycles. The summed E-state index contributed by atoms with van der Waals surface area (Å²) in [6.45, 7) is 5.87. The van der Waals surface area contributed by atoms with Crippen LogP contribution in [-0.2, 0) is 6.54 Å². The van der Waals surface area contributed by atoms with Gasteiger partial charge in [0.05, 0.1) is 13.2 Å². The highest BCUT2D eigenvalue weighted by Gasteiger charge is 2.29. The van der Waals surface area contributed by atoms with Crippen LogP contribution in [0.2, 0.25) is 0 Å². The summed E-state index contributed by atoms with van der Waals surface area (Å²) in [5.74, 6) is 2.01. The molecule has 1 aromatic heterocycles. The lowest BCUT2D eigenvalue weighted by Crippen LogP contribution is -2.23. The second kappa shape index (κ2) is 6.62. The number of rotatable bonds is 5. The number of ether oxygens (including phenoxy) is 1. The number of phenolic OH excluding ortho intramolecular Hbond substituents is 1. The van der Waals surface area contributed by atoms with Gasteiger partial charge in [-0.1, -0.05) is 31.1 Å².